The van der Waals surface area contributed by atoms with Crippen LogP contribution in [-0.2, 0) is 11.8 Å². The number of hydrogen-bond acceptors (Lipinski definition) is 7. The summed E-state index contributed by atoms with van der Waals surface area (Å²) in [5.41, 5.74) is 4.16. The SMILES string of the molecule is Cc1cnc2c(c1)OC[C@H](NC(=O)c1ncc(C)c(-c3cccc4c3cnn4C)n1)C(=O)N2C. The molecule has 0 aliphatic carbocycles. The largest absolute Gasteiger partial charge is 0.487 e. The lowest BCUT2D eigenvalue weighted by atomic mass is 10.0. The van der Waals surface area contributed by atoms with Gasteiger partial charge in [-0.05, 0) is 37.1 Å². The highest BCUT2D eigenvalue weighted by Gasteiger charge is 2.32. The van der Waals surface area contributed by atoms with E-state index in [1.54, 1.807) is 30.3 Å². The van der Waals surface area contributed by atoms with Gasteiger partial charge in [-0.2, -0.15) is 5.10 Å². The van der Waals surface area contributed by atoms with Gasteiger partial charge in [-0.25, -0.2) is 15.0 Å². The molecule has 0 bridgehead atoms. The molecule has 172 valence electrons. The Hall–Kier alpha value is -4.34. The van der Waals surface area contributed by atoms with E-state index >= 15 is 0 Å². The summed E-state index contributed by atoms with van der Waals surface area (Å²) < 4.78 is 7.58. The highest BCUT2D eigenvalue weighted by atomic mass is 16.5. The molecule has 0 unspecified atom stereocenters. The van der Waals surface area contributed by atoms with E-state index in [-0.39, 0.29) is 18.3 Å². The molecule has 1 atom stereocenters. The molecule has 34 heavy (non-hydrogen) atoms. The van der Waals surface area contributed by atoms with E-state index < -0.39 is 11.9 Å². The Morgan fingerprint density at radius 1 is 1.15 bits per heavy atom. The lowest BCUT2D eigenvalue weighted by Gasteiger charge is -2.19. The summed E-state index contributed by atoms with van der Waals surface area (Å²) in [5.74, 6) is -0.0366. The number of carbonyl (C=O) groups excluding carboxylic acids is 2. The number of benzene rings is 1. The Kier molecular flexibility index (Phi) is 5.20. The first-order valence-electron chi connectivity index (χ1n) is 10.8. The molecule has 0 saturated carbocycles. The van der Waals surface area contributed by atoms with Crippen molar-refractivity contribution in [3.63, 3.8) is 0 Å². The van der Waals surface area contributed by atoms with E-state index in [0.29, 0.717) is 17.3 Å². The van der Waals surface area contributed by atoms with Crippen LogP contribution < -0.4 is 15.0 Å². The van der Waals surface area contributed by atoms with Crippen molar-refractivity contribution in [2.45, 2.75) is 19.9 Å². The van der Waals surface area contributed by atoms with E-state index in [1.165, 1.54) is 4.90 Å². The van der Waals surface area contributed by atoms with E-state index in [9.17, 15) is 9.59 Å². The Morgan fingerprint density at radius 2 is 1.97 bits per heavy atom. The highest BCUT2D eigenvalue weighted by molar-refractivity contribution is 6.02. The number of likely N-dealkylation sites (N-methyl/N-ethyl adjacent to an activating group) is 1. The molecular weight excluding hydrogens is 434 g/mol. The fraction of sp³-hybridized carbons (Fsp3) is 0.250. The molecule has 0 saturated heterocycles. The molecule has 4 heterocycles. The van der Waals surface area contributed by atoms with Gasteiger partial charge in [0.1, 0.15) is 12.6 Å². The quantitative estimate of drug-likeness (QED) is 0.501. The Labute approximate surface area is 195 Å². The number of fused-ring (bicyclic) bond motifs is 2. The van der Waals surface area contributed by atoms with Crippen LogP contribution in [0.25, 0.3) is 22.2 Å². The second-order valence-electron chi connectivity index (χ2n) is 8.30. The summed E-state index contributed by atoms with van der Waals surface area (Å²) in [5, 5.41) is 7.97. The lowest BCUT2D eigenvalue weighted by molar-refractivity contribution is -0.120. The van der Waals surface area contributed by atoms with Gasteiger partial charge in [-0.15, -0.1) is 0 Å². The molecule has 0 radical (unpaired) electrons. The average molecular weight is 457 g/mol. The third-order valence-corrected chi connectivity index (χ3v) is 5.85. The van der Waals surface area contributed by atoms with Gasteiger partial charge >= 0.3 is 0 Å². The van der Waals surface area contributed by atoms with Gasteiger partial charge in [0.2, 0.25) is 5.82 Å². The van der Waals surface area contributed by atoms with E-state index in [4.69, 9.17) is 4.74 Å². The third kappa shape index (κ3) is 3.62. The number of nitrogens with one attached hydrogen (secondary N) is 1. The predicted molar refractivity (Wildman–Crippen MR) is 126 cm³/mol. The van der Waals surface area contributed by atoms with Crippen molar-refractivity contribution in [2.24, 2.45) is 7.05 Å². The van der Waals surface area contributed by atoms with Crippen LogP contribution in [0.3, 0.4) is 0 Å². The van der Waals surface area contributed by atoms with Gasteiger partial charge in [0.05, 0.1) is 17.4 Å². The fourth-order valence-electron chi connectivity index (χ4n) is 4.01. The molecule has 1 aromatic carbocycles. The van der Waals surface area contributed by atoms with Crippen molar-refractivity contribution in [3.8, 4) is 17.0 Å². The fourth-order valence-corrected chi connectivity index (χ4v) is 4.01. The van der Waals surface area contributed by atoms with Crippen molar-refractivity contribution in [1.29, 1.82) is 0 Å². The molecule has 10 heteroatoms. The van der Waals surface area contributed by atoms with E-state index in [1.807, 2.05) is 45.2 Å². The predicted octanol–water partition coefficient (Wildman–Crippen LogP) is 2.20. The molecular formula is C24H23N7O3. The summed E-state index contributed by atoms with van der Waals surface area (Å²) in [7, 11) is 3.47. The number of amides is 2. The maximum Gasteiger partial charge on any atom is 0.289 e. The second-order valence-corrected chi connectivity index (χ2v) is 8.30. The molecule has 3 aromatic heterocycles. The normalized spacial score (nSPS) is 15.6. The van der Waals surface area contributed by atoms with Crippen LogP contribution >= 0.6 is 0 Å². The number of aryl methyl sites for hydroxylation is 3. The Morgan fingerprint density at radius 3 is 2.79 bits per heavy atom. The van der Waals surface area contributed by atoms with Crippen molar-refractivity contribution < 1.29 is 14.3 Å². The third-order valence-electron chi connectivity index (χ3n) is 5.85. The van der Waals surface area contributed by atoms with Gasteiger partial charge in [-0.1, -0.05) is 12.1 Å². The molecule has 1 N–H and O–H groups in total. The first kappa shape index (κ1) is 21.5. The van der Waals surface area contributed by atoms with Crippen molar-refractivity contribution in [2.75, 3.05) is 18.6 Å². The number of ether oxygens (including phenoxy) is 1. The van der Waals surface area contributed by atoms with Crippen LogP contribution in [0.1, 0.15) is 21.7 Å². The first-order chi connectivity index (χ1) is 16.3. The summed E-state index contributed by atoms with van der Waals surface area (Å²) in [6, 6.07) is 6.72. The zero-order valence-electron chi connectivity index (χ0n) is 19.2. The zero-order valence-corrected chi connectivity index (χ0v) is 19.2. The Balaban J connectivity index is 1.43. The molecule has 1 aliphatic rings. The molecule has 5 rings (SSSR count). The van der Waals surface area contributed by atoms with E-state index in [2.05, 4.69) is 25.4 Å². The minimum absolute atomic E-state index is 0.0270. The number of rotatable bonds is 3. The summed E-state index contributed by atoms with van der Waals surface area (Å²) in [6.45, 7) is 3.75. The molecule has 2 amide bonds. The average Bonchev–Trinajstić information content (AvgIpc) is 3.17. The number of anilines is 1. The minimum atomic E-state index is -0.915. The van der Waals surface area contributed by atoms with Crippen molar-refractivity contribution >= 4 is 28.5 Å². The van der Waals surface area contributed by atoms with E-state index in [0.717, 1.165) is 27.6 Å². The zero-order chi connectivity index (χ0) is 24.0. The van der Waals surface area contributed by atoms with Crippen LogP contribution in [0.4, 0.5) is 5.82 Å². The van der Waals surface area contributed by atoms with Crippen LogP contribution in [0.5, 0.6) is 5.75 Å². The topological polar surface area (TPSA) is 115 Å². The molecule has 0 spiro atoms. The van der Waals surface area contributed by atoms with Crippen molar-refractivity contribution in [3.05, 3.63) is 59.8 Å². The number of pyridine rings is 1. The Bertz CT molecular complexity index is 1450. The lowest BCUT2D eigenvalue weighted by Crippen LogP contribution is -2.49. The number of nitrogens with zero attached hydrogens (tertiary/aromatic N) is 6. The van der Waals surface area contributed by atoms with Crippen LogP contribution in [0.2, 0.25) is 0 Å². The maximum atomic E-state index is 13.1. The summed E-state index contributed by atoms with van der Waals surface area (Å²) in [4.78, 5) is 40.5. The van der Waals surface area contributed by atoms with Gasteiger partial charge < -0.3 is 10.1 Å². The minimum Gasteiger partial charge on any atom is -0.487 e. The first-order valence-corrected chi connectivity index (χ1v) is 10.8. The number of carbonyl (C=O) groups is 2. The molecule has 0 fully saturated rings. The monoisotopic (exact) mass is 457 g/mol. The van der Waals surface area contributed by atoms with Crippen LogP contribution in [0.15, 0.2) is 42.9 Å². The second kappa shape index (κ2) is 8.22. The van der Waals surface area contributed by atoms with Crippen molar-refractivity contribution in [1.82, 2.24) is 30.0 Å². The summed E-state index contributed by atoms with van der Waals surface area (Å²) >= 11 is 0. The summed E-state index contributed by atoms with van der Waals surface area (Å²) in [6.07, 6.45) is 5.04. The maximum absolute atomic E-state index is 13.1. The number of aromatic nitrogens is 5. The molecule has 4 aromatic rings. The highest BCUT2D eigenvalue weighted by Crippen LogP contribution is 2.30. The van der Waals surface area contributed by atoms with Gasteiger partial charge in [0.25, 0.3) is 11.8 Å². The van der Waals surface area contributed by atoms with Gasteiger partial charge in [-0.3, -0.25) is 19.2 Å². The van der Waals surface area contributed by atoms with Gasteiger partial charge in [0, 0.05) is 37.4 Å². The number of hydrogen-bond donors (Lipinski definition) is 1. The molecule has 10 nitrogen and oxygen atoms in total. The van der Waals surface area contributed by atoms with Crippen LogP contribution in [0, 0.1) is 13.8 Å². The smallest absolute Gasteiger partial charge is 0.289 e. The van der Waals surface area contributed by atoms with Crippen LogP contribution in [-0.4, -0.2) is 56.2 Å². The standard InChI is InChI=1S/C24H23N7O3/c1-13-8-19-22(26-9-13)30(3)24(33)17(12-34-19)28-23(32)21-25-10-14(2)20(29-21)15-6-5-7-18-16(15)11-27-31(18)4/h5-11,17H,12H2,1-4H3,(H,28,32)/t17-/m0/s1. The van der Waals surface area contributed by atoms with Gasteiger partial charge in [0.15, 0.2) is 11.6 Å². The molecule has 1 aliphatic heterocycles.